The first kappa shape index (κ1) is 13.6. The SMILES string of the molecule is O=C(Cc1ccccn1)Nc1ccc(C2CCNC2)nn1. The zero-order valence-electron chi connectivity index (χ0n) is 11.6. The molecule has 1 saturated heterocycles. The average Bonchev–Trinajstić information content (AvgIpc) is 3.03. The number of aromatic nitrogens is 3. The second kappa shape index (κ2) is 6.41. The summed E-state index contributed by atoms with van der Waals surface area (Å²) in [5.74, 6) is 0.764. The van der Waals surface area contributed by atoms with Gasteiger partial charge in [-0.15, -0.1) is 5.10 Å². The van der Waals surface area contributed by atoms with Crippen molar-refractivity contribution in [3.05, 3.63) is 47.9 Å². The van der Waals surface area contributed by atoms with Crippen molar-refractivity contribution in [1.82, 2.24) is 20.5 Å². The fourth-order valence-electron chi connectivity index (χ4n) is 2.39. The van der Waals surface area contributed by atoms with Gasteiger partial charge in [0, 0.05) is 24.4 Å². The van der Waals surface area contributed by atoms with E-state index in [4.69, 9.17) is 0 Å². The molecule has 0 radical (unpaired) electrons. The molecule has 0 aromatic carbocycles. The number of anilines is 1. The molecule has 2 aromatic heterocycles. The molecule has 6 heteroatoms. The molecule has 108 valence electrons. The molecule has 1 unspecified atom stereocenters. The van der Waals surface area contributed by atoms with Gasteiger partial charge in [-0.1, -0.05) is 6.07 Å². The summed E-state index contributed by atoms with van der Waals surface area (Å²) in [5.41, 5.74) is 1.71. The van der Waals surface area contributed by atoms with Crippen molar-refractivity contribution in [3.8, 4) is 0 Å². The van der Waals surface area contributed by atoms with E-state index < -0.39 is 0 Å². The van der Waals surface area contributed by atoms with Crippen LogP contribution in [-0.2, 0) is 11.2 Å². The van der Waals surface area contributed by atoms with Gasteiger partial charge in [-0.2, -0.15) is 5.10 Å². The fraction of sp³-hybridized carbons (Fsp3) is 0.333. The predicted octanol–water partition coefficient (Wildman–Crippen LogP) is 1.13. The fourth-order valence-corrected chi connectivity index (χ4v) is 2.39. The summed E-state index contributed by atoms with van der Waals surface area (Å²) in [4.78, 5) is 16.0. The van der Waals surface area contributed by atoms with Crippen molar-refractivity contribution in [1.29, 1.82) is 0 Å². The Morgan fingerprint density at radius 1 is 1.29 bits per heavy atom. The zero-order chi connectivity index (χ0) is 14.5. The lowest BCUT2D eigenvalue weighted by Gasteiger charge is -2.08. The number of carbonyl (C=O) groups excluding carboxylic acids is 1. The Kier molecular flexibility index (Phi) is 4.16. The average molecular weight is 283 g/mol. The molecule has 1 fully saturated rings. The van der Waals surface area contributed by atoms with Gasteiger partial charge in [0.1, 0.15) is 0 Å². The van der Waals surface area contributed by atoms with Gasteiger partial charge in [0.25, 0.3) is 0 Å². The highest BCUT2D eigenvalue weighted by atomic mass is 16.1. The Bertz CT molecular complexity index is 593. The van der Waals surface area contributed by atoms with Crippen LogP contribution in [0, 0.1) is 0 Å². The summed E-state index contributed by atoms with van der Waals surface area (Å²) >= 11 is 0. The Labute approximate surface area is 123 Å². The molecule has 0 aliphatic carbocycles. The van der Waals surface area contributed by atoms with Crippen molar-refractivity contribution in [3.63, 3.8) is 0 Å². The summed E-state index contributed by atoms with van der Waals surface area (Å²) in [6.45, 7) is 1.97. The minimum absolute atomic E-state index is 0.140. The molecule has 1 aliphatic heterocycles. The molecule has 0 saturated carbocycles. The molecule has 1 aliphatic rings. The van der Waals surface area contributed by atoms with E-state index in [2.05, 4.69) is 25.8 Å². The van der Waals surface area contributed by atoms with Crippen LogP contribution in [0.15, 0.2) is 36.5 Å². The molecule has 3 rings (SSSR count). The molecule has 6 nitrogen and oxygen atoms in total. The molecule has 2 aromatic rings. The number of carbonyl (C=O) groups is 1. The van der Waals surface area contributed by atoms with Gasteiger partial charge in [-0.05, 0) is 37.2 Å². The Morgan fingerprint density at radius 2 is 2.24 bits per heavy atom. The third-order valence-corrected chi connectivity index (χ3v) is 3.50. The largest absolute Gasteiger partial charge is 0.316 e. The van der Waals surface area contributed by atoms with Crippen LogP contribution in [0.4, 0.5) is 5.82 Å². The van der Waals surface area contributed by atoms with Crippen LogP contribution in [0.1, 0.15) is 23.7 Å². The zero-order valence-corrected chi connectivity index (χ0v) is 11.6. The third kappa shape index (κ3) is 3.61. The lowest BCUT2D eigenvalue weighted by Crippen LogP contribution is -2.17. The van der Waals surface area contributed by atoms with E-state index in [0.717, 1.165) is 30.9 Å². The predicted molar refractivity (Wildman–Crippen MR) is 78.8 cm³/mol. The summed E-state index contributed by atoms with van der Waals surface area (Å²) < 4.78 is 0. The van der Waals surface area contributed by atoms with E-state index in [-0.39, 0.29) is 12.3 Å². The number of hydrogen-bond donors (Lipinski definition) is 2. The molecule has 1 atom stereocenters. The van der Waals surface area contributed by atoms with Crippen molar-refractivity contribution < 1.29 is 4.79 Å². The van der Waals surface area contributed by atoms with E-state index in [1.165, 1.54) is 0 Å². The highest BCUT2D eigenvalue weighted by Crippen LogP contribution is 2.20. The first-order chi connectivity index (χ1) is 10.3. The highest BCUT2D eigenvalue weighted by molar-refractivity contribution is 5.90. The van der Waals surface area contributed by atoms with E-state index in [0.29, 0.717) is 11.7 Å². The quantitative estimate of drug-likeness (QED) is 0.879. The van der Waals surface area contributed by atoms with Gasteiger partial charge in [0.2, 0.25) is 5.91 Å². The van der Waals surface area contributed by atoms with E-state index >= 15 is 0 Å². The van der Waals surface area contributed by atoms with Crippen molar-refractivity contribution >= 4 is 11.7 Å². The first-order valence-electron chi connectivity index (χ1n) is 7.05. The van der Waals surface area contributed by atoms with Gasteiger partial charge < -0.3 is 10.6 Å². The van der Waals surface area contributed by atoms with E-state index in [1.807, 2.05) is 24.3 Å². The van der Waals surface area contributed by atoms with Crippen LogP contribution in [-0.4, -0.2) is 34.2 Å². The second-order valence-corrected chi connectivity index (χ2v) is 5.08. The minimum atomic E-state index is -0.140. The lowest BCUT2D eigenvalue weighted by molar-refractivity contribution is -0.115. The molecule has 1 amide bonds. The summed E-state index contributed by atoms with van der Waals surface area (Å²) in [6.07, 6.45) is 2.99. The summed E-state index contributed by atoms with van der Waals surface area (Å²) in [6, 6.07) is 9.24. The van der Waals surface area contributed by atoms with Crippen LogP contribution in [0.3, 0.4) is 0 Å². The van der Waals surface area contributed by atoms with Gasteiger partial charge >= 0.3 is 0 Å². The minimum Gasteiger partial charge on any atom is -0.316 e. The van der Waals surface area contributed by atoms with Gasteiger partial charge in [0.05, 0.1) is 12.1 Å². The number of nitrogens with zero attached hydrogens (tertiary/aromatic N) is 3. The van der Waals surface area contributed by atoms with E-state index in [1.54, 1.807) is 12.3 Å². The van der Waals surface area contributed by atoms with Crippen LogP contribution >= 0.6 is 0 Å². The molecule has 21 heavy (non-hydrogen) atoms. The van der Waals surface area contributed by atoms with Crippen molar-refractivity contribution in [2.75, 3.05) is 18.4 Å². The third-order valence-electron chi connectivity index (χ3n) is 3.50. The van der Waals surface area contributed by atoms with Crippen LogP contribution in [0.25, 0.3) is 0 Å². The molecule has 2 N–H and O–H groups in total. The number of pyridine rings is 1. The number of nitrogens with one attached hydrogen (secondary N) is 2. The van der Waals surface area contributed by atoms with Gasteiger partial charge in [0.15, 0.2) is 5.82 Å². The topological polar surface area (TPSA) is 79.8 Å². The second-order valence-electron chi connectivity index (χ2n) is 5.08. The number of rotatable bonds is 4. The molecule has 3 heterocycles. The molecular weight excluding hydrogens is 266 g/mol. The van der Waals surface area contributed by atoms with Crippen LogP contribution in [0.2, 0.25) is 0 Å². The maximum absolute atomic E-state index is 11.9. The van der Waals surface area contributed by atoms with Crippen LogP contribution < -0.4 is 10.6 Å². The first-order valence-corrected chi connectivity index (χ1v) is 7.05. The van der Waals surface area contributed by atoms with Crippen molar-refractivity contribution in [2.24, 2.45) is 0 Å². The Morgan fingerprint density at radius 3 is 2.90 bits per heavy atom. The number of amides is 1. The molecule has 0 bridgehead atoms. The summed E-state index contributed by atoms with van der Waals surface area (Å²) in [7, 11) is 0. The normalized spacial score (nSPS) is 17.6. The highest BCUT2D eigenvalue weighted by Gasteiger charge is 2.18. The van der Waals surface area contributed by atoms with Crippen molar-refractivity contribution in [2.45, 2.75) is 18.8 Å². The Hall–Kier alpha value is -2.34. The summed E-state index contributed by atoms with van der Waals surface area (Å²) in [5, 5.41) is 14.3. The Balaban J connectivity index is 1.58. The number of hydrogen-bond acceptors (Lipinski definition) is 5. The maximum atomic E-state index is 11.9. The monoisotopic (exact) mass is 283 g/mol. The molecule has 0 spiro atoms. The van der Waals surface area contributed by atoms with Gasteiger partial charge in [-0.3, -0.25) is 9.78 Å². The molecular formula is C15H17N5O. The smallest absolute Gasteiger partial charge is 0.231 e. The van der Waals surface area contributed by atoms with E-state index in [9.17, 15) is 4.79 Å². The van der Waals surface area contributed by atoms with Gasteiger partial charge in [-0.25, -0.2) is 0 Å². The van der Waals surface area contributed by atoms with Crippen LogP contribution in [0.5, 0.6) is 0 Å². The standard InChI is InChI=1S/C15H17N5O/c21-15(9-12-3-1-2-7-17-12)18-14-5-4-13(19-20-14)11-6-8-16-10-11/h1-5,7,11,16H,6,8-10H2,(H,18,20,21). The lowest BCUT2D eigenvalue weighted by atomic mass is 10.1. The maximum Gasteiger partial charge on any atom is 0.231 e.